The minimum absolute atomic E-state index is 0.300. The molecule has 0 aromatic heterocycles. The first-order valence-electron chi connectivity index (χ1n) is 6.05. The Hall–Kier alpha value is -0.870. The molecule has 0 amide bonds. The summed E-state index contributed by atoms with van der Waals surface area (Å²) in [5.41, 5.74) is 7.95. The zero-order valence-corrected chi connectivity index (χ0v) is 11.3. The fourth-order valence-electron chi connectivity index (χ4n) is 1.92. The number of nitrogen functional groups attached to an aromatic ring is 1. The molecule has 0 radical (unpaired) electrons. The maximum absolute atomic E-state index is 5.85. The normalized spacial score (nSPS) is 15.1. The van der Waals surface area contributed by atoms with Gasteiger partial charge < -0.3 is 15.4 Å². The van der Waals surface area contributed by atoms with Crippen molar-refractivity contribution >= 4 is 23.1 Å². The predicted octanol–water partition coefficient (Wildman–Crippen LogP) is 2.61. The Kier molecular flexibility index (Phi) is 4.18. The molecule has 1 aromatic rings. The lowest BCUT2D eigenvalue weighted by Crippen LogP contribution is -2.33. The average molecular weight is 252 g/mol. The van der Waals surface area contributed by atoms with Crippen LogP contribution in [0.5, 0.6) is 0 Å². The van der Waals surface area contributed by atoms with E-state index in [2.05, 4.69) is 30.9 Å². The van der Waals surface area contributed by atoms with Crippen LogP contribution in [0.15, 0.2) is 23.1 Å². The molecule has 1 aromatic carbocycles. The molecule has 1 heterocycles. The highest BCUT2D eigenvalue weighted by atomic mass is 32.2. The fraction of sp³-hybridized carbons (Fsp3) is 0.538. The van der Waals surface area contributed by atoms with Gasteiger partial charge >= 0.3 is 0 Å². The summed E-state index contributed by atoms with van der Waals surface area (Å²) in [4.78, 5) is 3.69. The summed E-state index contributed by atoms with van der Waals surface area (Å²) in [6.45, 7) is 6.92. The minimum Gasteiger partial charge on any atom is -0.399 e. The van der Waals surface area contributed by atoms with E-state index in [1.807, 2.05) is 17.8 Å². The molecule has 1 aliphatic heterocycles. The molecule has 2 rings (SSSR count). The van der Waals surface area contributed by atoms with Gasteiger partial charge in [0, 0.05) is 29.4 Å². The number of hydrogen-bond acceptors (Lipinski definition) is 4. The van der Waals surface area contributed by atoms with Crippen LogP contribution in [0.2, 0.25) is 0 Å². The molecule has 4 heteroatoms. The maximum atomic E-state index is 5.85. The van der Waals surface area contributed by atoms with Crippen molar-refractivity contribution in [3.63, 3.8) is 0 Å². The lowest BCUT2D eigenvalue weighted by atomic mass is 10.2. The fourth-order valence-corrected chi connectivity index (χ4v) is 2.95. The van der Waals surface area contributed by atoms with Gasteiger partial charge in [0.15, 0.2) is 0 Å². The number of thioether (sulfide) groups is 1. The molecule has 0 saturated carbocycles. The number of nitrogens with zero attached hydrogens (tertiary/aromatic N) is 1. The van der Waals surface area contributed by atoms with Gasteiger partial charge in [-0.3, -0.25) is 0 Å². The SMILES string of the molecule is CC(C)OCCN1CCSc2ccc(N)cc21. The van der Waals surface area contributed by atoms with E-state index < -0.39 is 0 Å². The topological polar surface area (TPSA) is 38.5 Å². The van der Waals surface area contributed by atoms with Gasteiger partial charge in [-0.25, -0.2) is 0 Å². The standard InChI is InChI=1S/C13H20N2OS/c1-10(2)16-7-5-15-6-8-17-13-4-3-11(14)9-12(13)15/h3-4,9-10H,5-8,14H2,1-2H3. The number of nitrogens with two attached hydrogens (primary N) is 1. The highest BCUT2D eigenvalue weighted by molar-refractivity contribution is 7.99. The molecule has 0 atom stereocenters. The predicted molar refractivity (Wildman–Crippen MR) is 74.9 cm³/mol. The van der Waals surface area contributed by atoms with Crippen molar-refractivity contribution in [1.82, 2.24) is 0 Å². The van der Waals surface area contributed by atoms with Crippen molar-refractivity contribution in [2.24, 2.45) is 0 Å². The van der Waals surface area contributed by atoms with Gasteiger partial charge in [-0.1, -0.05) is 0 Å². The maximum Gasteiger partial charge on any atom is 0.0645 e. The van der Waals surface area contributed by atoms with E-state index in [9.17, 15) is 0 Å². The molecule has 17 heavy (non-hydrogen) atoms. The van der Waals surface area contributed by atoms with Crippen molar-refractivity contribution < 1.29 is 4.74 Å². The van der Waals surface area contributed by atoms with E-state index in [-0.39, 0.29) is 0 Å². The van der Waals surface area contributed by atoms with Gasteiger partial charge in [0.1, 0.15) is 0 Å². The summed E-state index contributed by atoms with van der Waals surface area (Å²) in [6, 6.07) is 6.15. The van der Waals surface area contributed by atoms with E-state index in [4.69, 9.17) is 10.5 Å². The van der Waals surface area contributed by atoms with Crippen LogP contribution in [-0.2, 0) is 4.74 Å². The van der Waals surface area contributed by atoms with Crippen molar-refractivity contribution in [3.05, 3.63) is 18.2 Å². The molecule has 0 bridgehead atoms. The third kappa shape index (κ3) is 3.30. The highest BCUT2D eigenvalue weighted by Crippen LogP contribution is 2.35. The molecule has 0 unspecified atom stereocenters. The van der Waals surface area contributed by atoms with E-state index in [0.29, 0.717) is 6.10 Å². The number of rotatable bonds is 4. The molecule has 3 nitrogen and oxygen atoms in total. The number of ether oxygens (including phenoxy) is 1. The summed E-state index contributed by atoms with van der Waals surface area (Å²) < 4.78 is 5.61. The minimum atomic E-state index is 0.300. The number of benzene rings is 1. The van der Waals surface area contributed by atoms with Crippen LogP contribution >= 0.6 is 11.8 Å². The van der Waals surface area contributed by atoms with Crippen LogP contribution in [0, 0.1) is 0 Å². The molecule has 1 aliphatic rings. The van der Waals surface area contributed by atoms with Gasteiger partial charge in [0.2, 0.25) is 0 Å². The molecule has 0 saturated heterocycles. The molecule has 0 spiro atoms. The second-order valence-corrected chi connectivity index (χ2v) is 5.62. The largest absolute Gasteiger partial charge is 0.399 e. The van der Waals surface area contributed by atoms with Gasteiger partial charge in [-0.05, 0) is 32.0 Å². The summed E-state index contributed by atoms with van der Waals surface area (Å²) in [6.07, 6.45) is 0.300. The Morgan fingerprint density at radius 1 is 1.47 bits per heavy atom. The smallest absolute Gasteiger partial charge is 0.0645 e. The summed E-state index contributed by atoms with van der Waals surface area (Å²) in [7, 11) is 0. The Morgan fingerprint density at radius 3 is 3.06 bits per heavy atom. The van der Waals surface area contributed by atoms with Gasteiger partial charge in [-0.15, -0.1) is 11.8 Å². The number of hydrogen-bond donors (Lipinski definition) is 1. The number of fused-ring (bicyclic) bond motifs is 1. The first kappa shape index (κ1) is 12.6. The van der Waals surface area contributed by atoms with E-state index >= 15 is 0 Å². The molecule has 94 valence electrons. The zero-order valence-electron chi connectivity index (χ0n) is 10.5. The van der Waals surface area contributed by atoms with Gasteiger partial charge in [0.25, 0.3) is 0 Å². The van der Waals surface area contributed by atoms with Crippen LogP contribution in [0.3, 0.4) is 0 Å². The van der Waals surface area contributed by atoms with Crippen molar-refractivity contribution in [2.75, 3.05) is 36.1 Å². The van der Waals surface area contributed by atoms with Crippen LogP contribution in [-0.4, -0.2) is 31.6 Å². The van der Waals surface area contributed by atoms with E-state index in [0.717, 1.165) is 31.1 Å². The average Bonchev–Trinajstić information content (AvgIpc) is 2.29. The first-order chi connectivity index (χ1) is 8.16. The van der Waals surface area contributed by atoms with Crippen LogP contribution in [0.1, 0.15) is 13.8 Å². The van der Waals surface area contributed by atoms with Crippen LogP contribution in [0.4, 0.5) is 11.4 Å². The quantitative estimate of drug-likeness (QED) is 0.836. The highest BCUT2D eigenvalue weighted by Gasteiger charge is 2.17. The Labute approximate surface area is 107 Å². The molecule has 2 N–H and O–H groups in total. The van der Waals surface area contributed by atoms with Crippen molar-refractivity contribution in [3.8, 4) is 0 Å². The second kappa shape index (κ2) is 5.65. The first-order valence-corrected chi connectivity index (χ1v) is 7.04. The number of anilines is 2. The van der Waals surface area contributed by atoms with E-state index in [1.165, 1.54) is 10.6 Å². The molecule has 0 aliphatic carbocycles. The van der Waals surface area contributed by atoms with Crippen LogP contribution < -0.4 is 10.6 Å². The van der Waals surface area contributed by atoms with Crippen molar-refractivity contribution in [1.29, 1.82) is 0 Å². The third-order valence-electron chi connectivity index (χ3n) is 2.75. The summed E-state index contributed by atoms with van der Waals surface area (Å²) in [5, 5.41) is 0. The Bertz CT molecular complexity index is 382. The van der Waals surface area contributed by atoms with E-state index in [1.54, 1.807) is 0 Å². The lowest BCUT2D eigenvalue weighted by molar-refractivity contribution is 0.0841. The van der Waals surface area contributed by atoms with Gasteiger partial charge in [0.05, 0.1) is 18.4 Å². The zero-order chi connectivity index (χ0) is 12.3. The lowest BCUT2D eigenvalue weighted by Gasteiger charge is -2.31. The van der Waals surface area contributed by atoms with Crippen LogP contribution in [0.25, 0.3) is 0 Å². The Morgan fingerprint density at radius 2 is 2.29 bits per heavy atom. The molecular weight excluding hydrogens is 232 g/mol. The third-order valence-corrected chi connectivity index (χ3v) is 3.80. The second-order valence-electron chi connectivity index (χ2n) is 4.48. The van der Waals surface area contributed by atoms with Crippen molar-refractivity contribution in [2.45, 2.75) is 24.8 Å². The summed E-state index contributed by atoms with van der Waals surface area (Å²) in [5.74, 6) is 1.14. The van der Waals surface area contributed by atoms with Gasteiger partial charge in [-0.2, -0.15) is 0 Å². The summed E-state index contributed by atoms with van der Waals surface area (Å²) >= 11 is 1.90. The monoisotopic (exact) mass is 252 g/mol. The Balaban J connectivity index is 2.03. The molecular formula is C13H20N2OS. The molecule has 0 fully saturated rings.